The highest BCUT2D eigenvalue weighted by Crippen LogP contribution is 2.12. The standard InChI is InChI=1S/C14H22N4O3S/c1-3-4-6-15-14-16-10(2)8-12(18-14)13(19)17-11-5-7-22(20,21)9-11/h8,11H,3-7,9H2,1-2H3,(H,17,19)(H,15,16,18). The minimum Gasteiger partial charge on any atom is -0.354 e. The number of nitrogens with one attached hydrogen (secondary N) is 2. The third-order valence-electron chi connectivity index (χ3n) is 3.47. The summed E-state index contributed by atoms with van der Waals surface area (Å²) in [6, 6.07) is 1.27. The number of hydrogen-bond donors (Lipinski definition) is 2. The summed E-state index contributed by atoms with van der Waals surface area (Å²) in [6.45, 7) is 4.64. The minimum atomic E-state index is -3.01. The van der Waals surface area contributed by atoms with Gasteiger partial charge in [-0.25, -0.2) is 18.4 Å². The second-order valence-corrected chi connectivity index (χ2v) is 7.80. The van der Waals surface area contributed by atoms with Crippen molar-refractivity contribution in [2.24, 2.45) is 0 Å². The van der Waals surface area contributed by atoms with Gasteiger partial charge < -0.3 is 10.6 Å². The zero-order valence-corrected chi connectivity index (χ0v) is 13.7. The fourth-order valence-corrected chi connectivity index (χ4v) is 3.98. The van der Waals surface area contributed by atoms with E-state index in [1.54, 1.807) is 13.0 Å². The van der Waals surface area contributed by atoms with Gasteiger partial charge in [0, 0.05) is 18.3 Å². The van der Waals surface area contributed by atoms with Gasteiger partial charge in [0.1, 0.15) is 5.69 Å². The van der Waals surface area contributed by atoms with Crippen molar-refractivity contribution in [2.45, 2.75) is 39.2 Å². The molecule has 122 valence electrons. The van der Waals surface area contributed by atoms with E-state index in [0.717, 1.165) is 19.4 Å². The van der Waals surface area contributed by atoms with E-state index in [1.807, 2.05) is 0 Å². The van der Waals surface area contributed by atoms with E-state index in [4.69, 9.17) is 0 Å². The Hall–Kier alpha value is -1.70. The van der Waals surface area contributed by atoms with E-state index in [2.05, 4.69) is 27.5 Å². The van der Waals surface area contributed by atoms with Crippen LogP contribution in [0.4, 0.5) is 5.95 Å². The van der Waals surface area contributed by atoms with E-state index in [-0.39, 0.29) is 29.1 Å². The first-order valence-corrected chi connectivity index (χ1v) is 9.32. The lowest BCUT2D eigenvalue weighted by Crippen LogP contribution is -2.36. The number of aromatic nitrogens is 2. The molecule has 2 N–H and O–H groups in total. The van der Waals surface area contributed by atoms with E-state index >= 15 is 0 Å². The molecule has 1 atom stereocenters. The monoisotopic (exact) mass is 326 g/mol. The Kier molecular flexibility index (Phi) is 5.33. The Labute approximate surface area is 130 Å². The molecule has 22 heavy (non-hydrogen) atoms. The number of rotatable bonds is 6. The summed E-state index contributed by atoms with van der Waals surface area (Å²) in [5.41, 5.74) is 0.953. The Balaban J connectivity index is 2.02. The van der Waals surface area contributed by atoms with Crippen LogP contribution in [0.1, 0.15) is 42.4 Å². The maximum Gasteiger partial charge on any atom is 0.270 e. The molecule has 1 unspecified atom stereocenters. The Bertz CT molecular complexity index is 645. The van der Waals surface area contributed by atoms with Crippen molar-refractivity contribution in [3.8, 4) is 0 Å². The number of carbonyl (C=O) groups excluding carboxylic acids is 1. The van der Waals surface area contributed by atoms with Crippen molar-refractivity contribution in [1.29, 1.82) is 0 Å². The van der Waals surface area contributed by atoms with Crippen LogP contribution in [0.15, 0.2) is 6.07 Å². The molecule has 1 amide bonds. The summed E-state index contributed by atoms with van der Waals surface area (Å²) in [7, 11) is -3.01. The number of amides is 1. The van der Waals surface area contributed by atoms with Crippen LogP contribution in [0.25, 0.3) is 0 Å². The predicted molar refractivity (Wildman–Crippen MR) is 84.7 cm³/mol. The molecule has 0 saturated carbocycles. The van der Waals surface area contributed by atoms with Crippen LogP contribution >= 0.6 is 0 Å². The summed E-state index contributed by atoms with van der Waals surface area (Å²) in [6.07, 6.45) is 2.51. The second-order valence-electron chi connectivity index (χ2n) is 5.57. The molecule has 2 rings (SSSR count). The summed E-state index contributed by atoms with van der Waals surface area (Å²) in [5.74, 6) is 0.207. The number of nitrogens with zero attached hydrogens (tertiary/aromatic N) is 2. The molecule has 1 aliphatic heterocycles. The first-order valence-electron chi connectivity index (χ1n) is 7.50. The number of anilines is 1. The summed E-state index contributed by atoms with van der Waals surface area (Å²) >= 11 is 0. The average Bonchev–Trinajstić information content (AvgIpc) is 2.77. The molecule has 1 aromatic rings. The highest BCUT2D eigenvalue weighted by atomic mass is 32.2. The highest BCUT2D eigenvalue weighted by molar-refractivity contribution is 7.91. The highest BCUT2D eigenvalue weighted by Gasteiger charge is 2.29. The van der Waals surface area contributed by atoms with Crippen LogP contribution in [0.2, 0.25) is 0 Å². The van der Waals surface area contributed by atoms with E-state index < -0.39 is 9.84 Å². The van der Waals surface area contributed by atoms with Crippen LogP contribution in [-0.2, 0) is 9.84 Å². The van der Waals surface area contributed by atoms with E-state index in [1.165, 1.54) is 0 Å². The zero-order chi connectivity index (χ0) is 16.2. The SMILES string of the molecule is CCCCNc1nc(C)cc(C(=O)NC2CCS(=O)(=O)C2)n1. The summed E-state index contributed by atoms with van der Waals surface area (Å²) in [5, 5.41) is 5.83. The molecule has 8 heteroatoms. The van der Waals surface area contributed by atoms with Gasteiger partial charge in [-0.2, -0.15) is 0 Å². The Morgan fingerprint density at radius 2 is 2.18 bits per heavy atom. The normalized spacial score (nSPS) is 19.8. The topological polar surface area (TPSA) is 101 Å². The predicted octanol–water partition coefficient (Wildman–Crippen LogP) is 0.914. The maximum atomic E-state index is 12.2. The number of sulfone groups is 1. The number of hydrogen-bond acceptors (Lipinski definition) is 6. The third kappa shape index (κ3) is 4.66. The van der Waals surface area contributed by atoms with Gasteiger partial charge in [0.05, 0.1) is 11.5 Å². The van der Waals surface area contributed by atoms with Crippen molar-refractivity contribution in [3.63, 3.8) is 0 Å². The molecule has 1 aliphatic rings. The van der Waals surface area contributed by atoms with Crippen molar-refractivity contribution >= 4 is 21.7 Å². The van der Waals surface area contributed by atoms with Gasteiger partial charge in [0.2, 0.25) is 5.95 Å². The molecule has 1 fully saturated rings. The number of carbonyl (C=O) groups is 1. The van der Waals surface area contributed by atoms with Crippen molar-refractivity contribution in [2.75, 3.05) is 23.4 Å². The van der Waals surface area contributed by atoms with Gasteiger partial charge in [-0.15, -0.1) is 0 Å². The fourth-order valence-electron chi connectivity index (χ4n) is 2.31. The van der Waals surface area contributed by atoms with Crippen LogP contribution in [0.5, 0.6) is 0 Å². The Morgan fingerprint density at radius 3 is 2.82 bits per heavy atom. The molecule has 2 heterocycles. The van der Waals surface area contributed by atoms with Crippen LogP contribution < -0.4 is 10.6 Å². The second kappa shape index (κ2) is 7.04. The van der Waals surface area contributed by atoms with Crippen molar-refractivity contribution in [3.05, 3.63) is 17.5 Å². The number of aryl methyl sites for hydroxylation is 1. The molecule has 7 nitrogen and oxygen atoms in total. The molecule has 0 aliphatic carbocycles. The van der Waals surface area contributed by atoms with Gasteiger partial charge >= 0.3 is 0 Å². The lowest BCUT2D eigenvalue weighted by Gasteiger charge is -2.12. The largest absolute Gasteiger partial charge is 0.354 e. The van der Waals surface area contributed by atoms with E-state index in [0.29, 0.717) is 18.1 Å². The minimum absolute atomic E-state index is 0.00438. The number of unbranched alkanes of at least 4 members (excludes halogenated alkanes) is 1. The maximum absolute atomic E-state index is 12.2. The van der Waals surface area contributed by atoms with Crippen LogP contribution in [0.3, 0.4) is 0 Å². The molecule has 0 spiro atoms. The van der Waals surface area contributed by atoms with Crippen molar-refractivity contribution < 1.29 is 13.2 Å². The van der Waals surface area contributed by atoms with Crippen LogP contribution in [0, 0.1) is 6.92 Å². The molecular formula is C14H22N4O3S. The zero-order valence-electron chi connectivity index (χ0n) is 12.9. The van der Waals surface area contributed by atoms with Gasteiger partial charge in [0.25, 0.3) is 5.91 Å². The van der Waals surface area contributed by atoms with Gasteiger partial charge in [-0.05, 0) is 25.8 Å². The van der Waals surface area contributed by atoms with Gasteiger partial charge in [-0.3, -0.25) is 4.79 Å². The molecule has 1 aromatic heterocycles. The van der Waals surface area contributed by atoms with Crippen molar-refractivity contribution in [1.82, 2.24) is 15.3 Å². The average molecular weight is 326 g/mol. The Morgan fingerprint density at radius 1 is 1.41 bits per heavy atom. The summed E-state index contributed by atoms with van der Waals surface area (Å²) < 4.78 is 22.9. The smallest absolute Gasteiger partial charge is 0.270 e. The van der Waals surface area contributed by atoms with Gasteiger partial charge in [0.15, 0.2) is 9.84 Å². The van der Waals surface area contributed by atoms with Crippen LogP contribution in [-0.4, -0.2) is 48.4 Å². The molecule has 0 bridgehead atoms. The van der Waals surface area contributed by atoms with Gasteiger partial charge in [-0.1, -0.05) is 13.3 Å². The first-order chi connectivity index (χ1) is 10.4. The first kappa shape index (κ1) is 16.7. The van der Waals surface area contributed by atoms with E-state index in [9.17, 15) is 13.2 Å². The third-order valence-corrected chi connectivity index (χ3v) is 5.24. The molecule has 0 aromatic carbocycles. The lowest BCUT2D eigenvalue weighted by molar-refractivity contribution is 0.0936. The summed E-state index contributed by atoms with van der Waals surface area (Å²) in [4.78, 5) is 20.7. The molecule has 1 saturated heterocycles. The quantitative estimate of drug-likeness (QED) is 0.754. The fraction of sp³-hybridized carbons (Fsp3) is 0.643. The molecule has 0 radical (unpaired) electrons. The lowest BCUT2D eigenvalue weighted by atomic mass is 10.2. The molecular weight excluding hydrogens is 304 g/mol.